The number of aromatic nitrogens is 1. The van der Waals surface area contributed by atoms with E-state index >= 15 is 0 Å². The molecule has 0 bridgehead atoms. The first-order valence-electron chi connectivity index (χ1n) is 6.03. The number of Topliss-reactive ketones (excluding diaryl/α,β-unsaturated/α-hetero) is 1. The van der Waals surface area contributed by atoms with Gasteiger partial charge in [-0.15, -0.1) is 11.3 Å². The smallest absolute Gasteiger partial charge is 0.298 e. The Morgan fingerprint density at radius 3 is 3.00 bits per heavy atom. The molecule has 3 rings (SSSR count). The first-order valence-corrected chi connectivity index (χ1v) is 6.90. The SMILES string of the molecule is O=C(NC1=CNCc2ccsc21)C(=O)c1ccccn1. The molecule has 2 aromatic rings. The average molecular weight is 285 g/mol. The summed E-state index contributed by atoms with van der Waals surface area (Å²) in [7, 11) is 0. The molecule has 0 aliphatic carbocycles. The second-order valence-electron chi connectivity index (χ2n) is 4.21. The van der Waals surface area contributed by atoms with Gasteiger partial charge >= 0.3 is 0 Å². The molecule has 20 heavy (non-hydrogen) atoms. The molecule has 5 nitrogen and oxygen atoms in total. The monoisotopic (exact) mass is 285 g/mol. The van der Waals surface area contributed by atoms with E-state index in [1.165, 1.54) is 23.6 Å². The summed E-state index contributed by atoms with van der Waals surface area (Å²) in [5.41, 5.74) is 1.87. The Balaban J connectivity index is 1.77. The van der Waals surface area contributed by atoms with Crippen molar-refractivity contribution in [3.63, 3.8) is 0 Å². The molecule has 0 saturated carbocycles. The number of thiophene rings is 1. The number of carbonyl (C=O) groups excluding carboxylic acids is 2. The molecule has 0 spiro atoms. The van der Waals surface area contributed by atoms with Crippen LogP contribution in [0.25, 0.3) is 5.70 Å². The molecule has 0 atom stereocenters. The predicted octanol–water partition coefficient (Wildman–Crippen LogP) is 1.54. The van der Waals surface area contributed by atoms with E-state index in [0.29, 0.717) is 5.70 Å². The highest BCUT2D eigenvalue weighted by Gasteiger charge is 2.21. The van der Waals surface area contributed by atoms with Gasteiger partial charge in [-0.1, -0.05) is 6.07 Å². The minimum Gasteiger partial charge on any atom is -0.385 e. The molecule has 0 aromatic carbocycles. The number of nitrogens with one attached hydrogen (secondary N) is 2. The number of nitrogens with zero attached hydrogens (tertiary/aromatic N) is 1. The van der Waals surface area contributed by atoms with Gasteiger partial charge in [-0.2, -0.15) is 0 Å². The van der Waals surface area contributed by atoms with Crippen molar-refractivity contribution in [2.75, 3.05) is 0 Å². The second-order valence-corrected chi connectivity index (χ2v) is 5.13. The third-order valence-electron chi connectivity index (χ3n) is 2.88. The minimum atomic E-state index is -0.682. The first-order chi connectivity index (χ1) is 9.75. The van der Waals surface area contributed by atoms with Crippen molar-refractivity contribution in [1.29, 1.82) is 0 Å². The number of rotatable bonds is 3. The minimum absolute atomic E-state index is 0.140. The summed E-state index contributed by atoms with van der Waals surface area (Å²) in [6.45, 7) is 0.729. The largest absolute Gasteiger partial charge is 0.385 e. The number of hydrogen-bond donors (Lipinski definition) is 2. The van der Waals surface area contributed by atoms with Crippen LogP contribution in [0.1, 0.15) is 20.9 Å². The van der Waals surface area contributed by atoms with Gasteiger partial charge in [0, 0.05) is 18.9 Å². The van der Waals surface area contributed by atoms with Crippen LogP contribution >= 0.6 is 11.3 Å². The molecule has 6 heteroatoms. The van der Waals surface area contributed by atoms with E-state index in [-0.39, 0.29) is 5.69 Å². The molecule has 0 fully saturated rings. The Kier molecular flexibility index (Phi) is 3.30. The molecule has 2 N–H and O–H groups in total. The van der Waals surface area contributed by atoms with Crippen molar-refractivity contribution in [2.24, 2.45) is 0 Å². The molecule has 1 amide bonds. The number of pyridine rings is 1. The summed E-state index contributed by atoms with van der Waals surface area (Å²) in [5.74, 6) is -1.33. The van der Waals surface area contributed by atoms with Gasteiger partial charge in [0.15, 0.2) is 0 Å². The van der Waals surface area contributed by atoms with E-state index in [1.807, 2.05) is 11.4 Å². The maximum atomic E-state index is 12.0. The van der Waals surface area contributed by atoms with Crippen LogP contribution in [0.5, 0.6) is 0 Å². The summed E-state index contributed by atoms with van der Waals surface area (Å²) in [6, 6.07) is 6.88. The molecule has 2 aromatic heterocycles. The summed E-state index contributed by atoms with van der Waals surface area (Å²) in [5, 5.41) is 7.66. The van der Waals surface area contributed by atoms with Crippen LogP contribution in [0, 0.1) is 0 Å². The number of hydrogen-bond acceptors (Lipinski definition) is 5. The van der Waals surface area contributed by atoms with Crippen LogP contribution < -0.4 is 10.6 Å². The lowest BCUT2D eigenvalue weighted by molar-refractivity contribution is -0.115. The highest BCUT2D eigenvalue weighted by atomic mass is 32.1. The second kappa shape index (κ2) is 5.26. The topological polar surface area (TPSA) is 71.1 Å². The molecule has 0 radical (unpaired) electrons. The van der Waals surface area contributed by atoms with Gasteiger partial charge in [0.1, 0.15) is 5.69 Å². The number of ketones is 1. The normalized spacial score (nSPS) is 12.9. The van der Waals surface area contributed by atoms with Gasteiger partial charge in [0.2, 0.25) is 0 Å². The van der Waals surface area contributed by atoms with Gasteiger partial charge in [0.05, 0.1) is 10.6 Å². The van der Waals surface area contributed by atoms with Crippen LogP contribution in [-0.2, 0) is 11.3 Å². The number of carbonyl (C=O) groups is 2. The molecule has 3 heterocycles. The maximum Gasteiger partial charge on any atom is 0.298 e. The predicted molar refractivity (Wildman–Crippen MR) is 75.8 cm³/mol. The first kappa shape index (κ1) is 12.6. The third-order valence-corrected chi connectivity index (χ3v) is 3.87. The lowest BCUT2D eigenvalue weighted by Gasteiger charge is -2.15. The Morgan fingerprint density at radius 2 is 2.20 bits per heavy atom. The zero-order chi connectivity index (χ0) is 13.9. The van der Waals surface area contributed by atoms with Crippen molar-refractivity contribution in [3.05, 3.63) is 58.2 Å². The van der Waals surface area contributed by atoms with Crippen LogP contribution in [-0.4, -0.2) is 16.7 Å². The van der Waals surface area contributed by atoms with Crippen molar-refractivity contribution in [3.8, 4) is 0 Å². The van der Waals surface area contributed by atoms with Gasteiger partial charge in [-0.3, -0.25) is 14.6 Å². The quantitative estimate of drug-likeness (QED) is 0.663. The zero-order valence-electron chi connectivity index (χ0n) is 10.4. The Labute approximate surface area is 119 Å². The Hall–Kier alpha value is -2.47. The summed E-state index contributed by atoms with van der Waals surface area (Å²) < 4.78 is 0. The molecule has 100 valence electrons. The standard InChI is InChI=1S/C14H11N3O2S/c18-12(10-3-1-2-5-16-10)14(19)17-11-8-15-7-9-4-6-20-13(9)11/h1-6,8,15H,7H2,(H,17,19). The molecular formula is C14H11N3O2S. The molecule has 0 saturated heterocycles. The Morgan fingerprint density at radius 1 is 1.30 bits per heavy atom. The van der Waals surface area contributed by atoms with Crippen LogP contribution in [0.4, 0.5) is 0 Å². The molecule has 1 aliphatic rings. The van der Waals surface area contributed by atoms with Gasteiger partial charge in [-0.05, 0) is 29.1 Å². The van der Waals surface area contributed by atoms with Crippen molar-refractivity contribution >= 4 is 28.7 Å². The average Bonchev–Trinajstić information content (AvgIpc) is 2.97. The van der Waals surface area contributed by atoms with Crippen molar-refractivity contribution < 1.29 is 9.59 Å². The van der Waals surface area contributed by atoms with Gasteiger partial charge in [0.25, 0.3) is 11.7 Å². The van der Waals surface area contributed by atoms with E-state index in [1.54, 1.807) is 18.3 Å². The number of fused-ring (bicyclic) bond motifs is 1. The summed E-state index contributed by atoms with van der Waals surface area (Å²) in [4.78, 5) is 28.8. The number of amides is 1. The lowest BCUT2D eigenvalue weighted by atomic mass is 10.1. The zero-order valence-corrected chi connectivity index (χ0v) is 11.2. The van der Waals surface area contributed by atoms with Crippen LogP contribution in [0.3, 0.4) is 0 Å². The summed E-state index contributed by atoms with van der Waals surface area (Å²) in [6.07, 6.45) is 3.20. The molecule has 1 aliphatic heterocycles. The maximum absolute atomic E-state index is 12.0. The fraction of sp³-hybridized carbons (Fsp3) is 0.0714. The lowest BCUT2D eigenvalue weighted by Crippen LogP contribution is -2.32. The molecular weight excluding hydrogens is 274 g/mol. The van der Waals surface area contributed by atoms with E-state index in [2.05, 4.69) is 15.6 Å². The van der Waals surface area contributed by atoms with Crippen molar-refractivity contribution in [2.45, 2.75) is 6.54 Å². The van der Waals surface area contributed by atoms with Crippen molar-refractivity contribution in [1.82, 2.24) is 15.6 Å². The fourth-order valence-electron chi connectivity index (χ4n) is 1.93. The van der Waals surface area contributed by atoms with Crippen LogP contribution in [0.15, 0.2) is 42.0 Å². The fourth-order valence-corrected chi connectivity index (χ4v) is 2.82. The van der Waals surface area contributed by atoms with E-state index in [4.69, 9.17) is 0 Å². The van der Waals surface area contributed by atoms with Gasteiger partial charge < -0.3 is 10.6 Å². The van der Waals surface area contributed by atoms with E-state index < -0.39 is 11.7 Å². The third kappa shape index (κ3) is 2.33. The summed E-state index contributed by atoms with van der Waals surface area (Å²) >= 11 is 1.53. The highest BCUT2D eigenvalue weighted by molar-refractivity contribution is 7.11. The van der Waals surface area contributed by atoms with E-state index in [0.717, 1.165) is 17.0 Å². The van der Waals surface area contributed by atoms with E-state index in [9.17, 15) is 9.59 Å². The highest BCUT2D eigenvalue weighted by Crippen LogP contribution is 2.26. The Bertz CT molecular complexity index is 691. The van der Waals surface area contributed by atoms with Gasteiger partial charge in [-0.25, -0.2) is 0 Å². The molecule has 0 unspecified atom stereocenters. The van der Waals surface area contributed by atoms with Crippen LogP contribution in [0.2, 0.25) is 0 Å².